The van der Waals surface area contributed by atoms with Crippen LogP contribution in [-0.4, -0.2) is 38.4 Å². The van der Waals surface area contributed by atoms with E-state index < -0.39 is 0 Å². The first-order valence-electron chi connectivity index (χ1n) is 8.79. The molecule has 1 atom stereocenters. The molecule has 2 aromatic heterocycles. The van der Waals surface area contributed by atoms with Crippen molar-refractivity contribution in [1.82, 2.24) is 19.4 Å². The molecule has 2 aliphatic rings. The van der Waals surface area contributed by atoms with Crippen LogP contribution in [0.4, 0.5) is 0 Å². The van der Waals surface area contributed by atoms with Crippen molar-refractivity contribution >= 4 is 16.9 Å². The Hall–Kier alpha value is -1.91. The van der Waals surface area contributed by atoms with E-state index in [0.29, 0.717) is 11.8 Å². The first-order valence-corrected chi connectivity index (χ1v) is 8.79. The van der Waals surface area contributed by atoms with Crippen LogP contribution < -0.4 is 0 Å². The molecule has 0 bridgehead atoms. The van der Waals surface area contributed by atoms with Gasteiger partial charge in [0, 0.05) is 38.2 Å². The molecule has 3 heterocycles. The molecule has 1 aliphatic carbocycles. The van der Waals surface area contributed by atoms with E-state index in [1.54, 1.807) is 6.20 Å². The molecule has 23 heavy (non-hydrogen) atoms. The number of amides is 1. The van der Waals surface area contributed by atoms with Crippen molar-refractivity contribution in [3.05, 3.63) is 24.3 Å². The molecule has 0 spiro atoms. The maximum Gasteiger partial charge on any atom is 0.225 e. The van der Waals surface area contributed by atoms with Crippen LogP contribution >= 0.6 is 0 Å². The summed E-state index contributed by atoms with van der Waals surface area (Å²) in [6.45, 7) is 1.70. The van der Waals surface area contributed by atoms with E-state index in [1.807, 2.05) is 12.3 Å². The third-order valence-corrected chi connectivity index (χ3v) is 5.54. The zero-order valence-corrected chi connectivity index (χ0v) is 13.7. The summed E-state index contributed by atoms with van der Waals surface area (Å²) >= 11 is 0. The molecule has 1 amide bonds. The summed E-state index contributed by atoms with van der Waals surface area (Å²) in [4.78, 5) is 23.8. The second-order valence-electron chi connectivity index (χ2n) is 7.00. The van der Waals surface area contributed by atoms with Crippen LogP contribution in [0.2, 0.25) is 0 Å². The van der Waals surface area contributed by atoms with E-state index in [9.17, 15) is 4.79 Å². The molecule has 122 valence electrons. The number of imidazole rings is 1. The van der Waals surface area contributed by atoms with Gasteiger partial charge in [-0.15, -0.1) is 0 Å². The Labute approximate surface area is 136 Å². The van der Waals surface area contributed by atoms with Crippen molar-refractivity contribution in [2.75, 3.05) is 13.1 Å². The van der Waals surface area contributed by atoms with Gasteiger partial charge in [-0.3, -0.25) is 9.78 Å². The highest BCUT2D eigenvalue weighted by Crippen LogP contribution is 2.32. The van der Waals surface area contributed by atoms with Gasteiger partial charge >= 0.3 is 0 Å². The highest BCUT2D eigenvalue weighted by atomic mass is 16.2. The minimum Gasteiger partial charge on any atom is -0.342 e. The highest BCUT2D eigenvalue weighted by Gasteiger charge is 2.33. The van der Waals surface area contributed by atoms with Crippen LogP contribution in [0.15, 0.2) is 18.5 Å². The van der Waals surface area contributed by atoms with Crippen LogP contribution in [-0.2, 0) is 11.8 Å². The molecule has 0 radical (unpaired) electrons. The predicted octanol–water partition coefficient (Wildman–Crippen LogP) is 2.86. The largest absolute Gasteiger partial charge is 0.342 e. The van der Waals surface area contributed by atoms with E-state index in [4.69, 9.17) is 4.98 Å². The Morgan fingerprint density at radius 2 is 2.04 bits per heavy atom. The first-order chi connectivity index (χ1) is 11.2. The van der Waals surface area contributed by atoms with Gasteiger partial charge in [-0.05, 0) is 25.3 Å². The van der Waals surface area contributed by atoms with Crippen LogP contribution in [0.1, 0.15) is 50.3 Å². The summed E-state index contributed by atoms with van der Waals surface area (Å²) in [7, 11) is 2.05. The van der Waals surface area contributed by atoms with Crippen LogP contribution in [0.5, 0.6) is 0 Å². The normalized spacial score (nSPS) is 22.8. The number of fused-ring (bicyclic) bond motifs is 1. The van der Waals surface area contributed by atoms with Crippen molar-refractivity contribution in [1.29, 1.82) is 0 Å². The molecule has 5 heteroatoms. The molecular formula is C18H24N4O. The number of rotatable bonds is 2. The smallest absolute Gasteiger partial charge is 0.225 e. The average molecular weight is 312 g/mol. The Morgan fingerprint density at radius 3 is 2.83 bits per heavy atom. The van der Waals surface area contributed by atoms with Gasteiger partial charge in [-0.2, -0.15) is 0 Å². The quantitative estimate of drug-likeness (QED) is 0.857. The topological polar surface area (TPSA) is 51.0 Å². The molecule has 1 saturated heterocycles. The molecule has 4 rings (SSSR count). The number of pyridine rings is 1. The Kier molecular flexibility index (Phi) is 3.79. The summed E-state index contributed by atoms with van der Waals surface area (Å²) in [5.41, 5.74) is 2.06. The summed E-state index contributed by atoms with van der Waals surface area (Å²) in [5.74, 6) is 2.09. The number of hydrogen-bond donors (Lipinski definition) is 0. The number of carbonyl (C=O) groups is 1. The number of nitrogens with zero attached hydrogens (tertiary/aromatic N) is 4. The minimum atomic E-state index is 0.271. The van der Waals surface area contributed by atoms with E-state index in [1.165, 1.54) is 19.3 Å². The first kappa shape index (κ1) is 14.7. The molecule has 5 nitrogen and oxygen atoms in total. The van der Waals surface area contributed by atoms with E-state index >= 15 is 0 Å². The number of carbonyl (C=O) groups excluding carboxylic acids is 1. The van der Waals surface area contributed by atoms with Crippen LogP contribution in [0.3, 0.4) is 0 Å². The average Bonchev–Trinajstić information content (AvgIpc) is 3.20. The monoisotopic (exact) mass is 312 g/mol. The summed E-state index contributed by atoms with van der Waals surface area (Å²) in [6, 6.07) is 1.96. The Morgan fingerprint density at radius 1 is 1.22 bits per heavy atom. The van der Waals surface area contributed by atoms with Gasteiger partial charge in [-0.25, -0.2) is 4.98 Å². The fraction of sp³-hybridized carbons (Fsp3) is 0.611. The summed E-state index contributed by atoms with van der Waals surface area (Å²) < 4.78 is 2.14. The molecule has 1 unspecified atom stereocenters. The lowest BCUT2D eigenvalue weighted by atomic mass is 9.88. The second-order valence-corrected chi connectivity index (χ2v) is 7.00. The highest BCUT2D eigenvalue weighted by molar-refractivity contribution is 5.79. The predicted molar refractivity (Wildman–Crippen MR) is 89.0 cm³/mol. The molecule has 2 aromatic rings. The molecule has 1 aliphatic heterocycles. The van der Waals surface area contributed by atoms with Crippen molar-refractivity contribution in [2.45, 2.75) is 44.4 Å². The van der Waals surface area contributed by atoms with E-state index in [0.717, 1.165) is 49.2 Å². The van der Waals surface area contributed by atoms with E-state index in [-0.39, 0.29) is 5.92 Å². The van der Waals surface area contributed by atoms with Gasteiger partial charge in [0.05, 0.1) is 17.2 Å². The van der Waals surface area contributed by atoms with Gasteiger partial charge in [0.25, 0.3) is 0 Å². The van der Waals surface area contributed by atoms with Gasteiger partial charge < -0.3 is 9.47 Å². The zero-order chi connectivity index (χ0) is 15.8. The lowest BCUT2D eigenvalue weighted by molar-refractivity contribution is -0.135. The minimum absolute atomic E-state index is 0.271. The fourth-order valence-electron chi connectivity index (χ4n) is 4.20. The van der Waals surface area contributed by atoms with Crippen LogP contribution in [0, 0.1) is 5.92 Å². The number of likely N-dealkylation sites (tertiary alicyclic amines) is 1. The molecule has 0 aromatic carbocycles. The maximum absolute atomic E-state index is 12.7. The van der Waals surface area contributed by atoms with Gasteiger partial charge in [-0.1, -0.05) is 19.3 Å². The molecular weight excluding hydrogens is 288 g/mol. The number of aryl methyl sites for hydroxylation is 1. The van der Waals surface area contributed by atoms with Gasteiger partial charge in [0.2, 0.25) is 5.91 Å². The molecule has 1 saturated carbocycles. The van der Waals surface area contributed by atoms with E-state index in [2.05, 4.69) is 21.5 Å². The Bertz CT molecular complexity index is 717. The van der Waals surface area contributed by atoms with Gasteiger partial charge in [0.1, 0.15) is 5.82 Å². The Balaban J connectivity index is 1.51. The third-order valence-electron chi connectivity index (χ3n) is 5.54. The van der Waals surface area contributed by atoms with Gasteiger partial charge in [0.15, 0.2) is 0 Å². The lowest BCUT2D eigenvalue weighted by Gasteiger charge is -2.26. The van der Waals surface area contributed by atoms with Crippen LogP contribution in [0.25, 0.3) is 11.0 Å². The third kappa shape index (κ3) is 2.62. The summed E-state index contributed by atoms with van der Waals surface area (Å²) in [6.07, 6.45) is 10.6. The number of hydrogen-bond acceptors (Lipinski definition) is 3. The maximum atomic E-state index is 12.7. The second kappa shape index (κ2) is 5.95. The molecule has 2 fully saturated rings. The van der Waals surface area contributed by atoms with Crippen molar-refractivity contribution in [3.8, 4) is 0 Å². The zero-order valence-electron chi connectivity index (χ0n) is 13.7. The number of aromatic nitrogens is 3. The van der Waals surface area contributed by atoms with Crippen molar-refractivity contribution in [2.24, 2.45) is 13.0 Å². The lowest BCUT2D eigenvalue weighted by Crippen LogP contribution is -2.35. The molecule has 0 N–H and O–H groups in total. The summed E-state index contributed by atoms with van der Waals surface area (Å²) in [5, 5.41) is 0. The standard InChI is InChI=1S/C18H24N4O/c1-21-16-11-19-9-7-15(16)20-17(21)14-8-10-22(12-14)18(23)13-5-3-2-4-6-13/h7,9,11,13-14H,2-6,8,10,12H2,1H3. The van der Waals surface area contributed by atoms with Crippen molar-refractivity contribution < 1.29 is 4.79 Å². The fourth-order valence-corrected chi connectivity index (χ4v) is 4.20. The van der Waals surface area contributed by atoms with Crippen molar-refractivity contribution in [3.63, 3.8) is 0 Å². The SMILES string of the molecule is Cn1c(C2CCN(C(=O)C3CCCCC3)C2)nc2ccncc21.